The van der Waals surface area contributed by atoms with E-state index in [4.69, 9.17) is 4.74 Å². The summed E-state index contributed by atoms with van der Waals surface area (Å²) in [6.07, 6.45) is 1.28. The number of thiophene rings is 1. The second kappa shape index (κ2) is 6.30. The summed E-state index contributed by atoms with van der Waals surface area (Å²) in [7, 11) is 0. The van der Waals surface area contributed by atoms with E-state index in [1.54, 1.807) is 11.3 Å². The molecule has 0 aliphatic rings. The number of nitrogens with one attached hydrogen (secondary N) is 1. The van der Waals surface area contributed by atoms with Crippen LogP contribution in [0.4, 0.5) is 5.82 Å². The molecule has 0 bridgehead atoms. The number of hydrogen-bond donors (Lipinski definition) is 1. The Hall–Kier alpha value is -1.20. The molecule has 1 N–H and O–H groups in total. The molecule has 0 unspecified atom stereocenters. The third-order valence-corrected chi connectivity index (χ3v) is 3.64. The number of anilines is 1. The van der Waals surface area contributed by atoms with Crippen molar-refractivity contribution in [2.24, 2.45) is 0 Å². The van der Waals surface area contributed by atoms with Crippen LogP contribution in [0, 0.1) is 13.8 Å². The second-order valence-electron chi connectivity index (χ2n) is 4.90. The standard InChI is InChI=1S/C14H21N3OS/c1-9(2)18-7-5-6-15-13-12-8-10(3)19-14(12)17-11(4)16-13/h8-9H,5-7H2,1-4H3,(H,15,16,17). The normalized spacial score (nSPS) is 11.4. The van der Waals surface area contributed by atoms with Crippen LogP contribution in [0.25, 0.3) is 10.2 Å². The van der Waals surface area contributed by atoms with Gasteiger partial charge in [-0.1, -0.05) is 0 Å². The highest BCUT2D eigenvalue weighted by atomic mass is 32.1. The Balaban J connectivity index is 1.99. The van der Waals surface area contributed by atoms with Crippen molar-refractivity contribution in [1.29, 1.82) is 0 Å². The minimum atomic E-state index is 0.299. The molecule has 0 atom stereocenters. The van der Waals surface area contributed by atoms with E-state index in [0.29, 0.717) is 6.10 Å². The number of aryl methyl sites for hydroxylation is 2. The summed E-state index contributed by atoms with van der Waals surface area (Å²) < 4.78 is 5.52. The van der Waals surface area contributed by atoms with Gasteiger partial charge in [-0.25, -0.2) is 9.97 Å². The molecule has 0 saturated heterocycles. The average Bonchev–Trinajstić information content (AvgIpc) is 2.68. The lowest BCUT2D eigenvalue weighted by Crippen LogP contribution is -2.10. The van der Waals surface area contributed by atoms with Gasteiger partial charge in [0.2, 0.25) is 0 Å². The summed E-state index contributed by atoms with van der Waals surface area (Å²) in [6, 6.07) is 2.15. The molecule has 2 heterocycles. The summed E-state index contributed by atoms with van der Waals surface area (Å²) in [5.41, 5.74) is 0. The zero-order chi connectivity index (χ0) is 13.8. The molecule has 2 aromatic heterocycles. The van der Waals surface area contributed by atoms with E-state index in [1.807, 2.05) is 6.92 Å². The minimum absolute atomic E-state index is 0.299. The van der Waals surface area contributed by atoms with Crippen molar-refractivity contribution in [3.8, 4) is 0 Å². The molecule has 0 amide bonds. The van der Waals surface area contributed by atoms with Crippen LogP contribution in [0.1, 0.15) is 31.0 Å². The van der Waals surface area contributed by atoms with Gasteiger partial charge in [0.05, 0.1) is 11.5 Å². The van der Waals surface area contributed by atoms with E-state index in [1.165, 1.54) is 4.88 Å². The molecule has 0 aliphatic carbocycles. The Morgan fingerprint density at radius 1 is 1.32 bits per heavy atom. The second-order valence-corrected chi connectivity index (χ2v) is 6.13. The first-order chi connectivity index (χ1) is 9.06. The highest BCUT2D eigenvalue weighted by Crippen LogP contribution is 2.28. The zero-order valence-corrected chi connectivity index (χ0v) is 12.8. The molecule has 0 aromatic carbocycles. The fraction of sp³-hybridized carbons (Fsp3) is 0.571. The first-order valence-electron chi connectivity index (χ1n) is 6.66. The molecular weight excluding hydrogens is 258 g/mol. The average molecular weight is 279 g/mol. The van der Waals surface area contributed by atoms with Gasteiger partial charge in [-0.3, -0.25) is 0 Å². The third kappa shape index (κ3) is 3.88. The van der Waals surface area contributed by atoms with Crippen molar-refractivity contribution in [2.45, 2.75) is 40.2 Å². The van der Waals surface area contributed by atoms with Crippen LogP contribution >= 0.6 is 11.3 Å². The number of rotatable bonds is 6. The van der Waals surface area contributed by atoms with Crippen LogP contribution in [0.2, 0.25) is 0 Å². The Kier molecular flexibility index (Phi) is 4.71. The molecule has 2 rings (SSSR count). The summed E-state index contributed by atoms with van der Waals surface area (Å²) in [6.45, 7) is 9.79. The molecular formula is C14H21N3OS. The van der Waals surface area contributed by atoms with Gasteiger partial charge in [-0.05, 0) is 40.2 Å². The van der Waals surface area contributed by atoms with Gasteiger partial charge in [0.15, 0.2) is 0 Å². The van der Waals surface area contributed by atoms with Gasteiger partial charge in [-0.2, -0.15) is 0 Å². The Morgan fingerprint density at radius 3 is 2.84 bits per heavy atom. The maximum Gasteiger partial charge on any atom is 0.138 e. The Labute approximate surface area is 118 Å². The maximum atomic E-state index is 5.52. The minimum Gasteiger partial charge on any atom is -0.379 e. The predicted octanol–water partition coefficient (Wildman–Crippen LogP) is 3.54. The maximum absolute atomic E-state index is 5.52. The molecule has 5 heteroatoms. The molecule has 19 heavy (non-hydrogen) atoms. The van der Waals surface area contributed by atoms with Gasteiger partial charge in [0, 0.05) is 18.0 Å². The third-order valence-electron chi connectivity index (χ3n) is 2.69. The van der Waals surface area contributed by atoms with E-state index in [-0.39, 0.29) is 0 Å². The van der Waals surface area contributed by atoms with Gasteiger partial charge >= 0.3 is 0 Å². The number of hydrogen-bond acceptors (Lipinski definition) is 5. The van der Waals surface area contributed by atoms with Gasteiger partial charge in [-0.15, -0.1) is 11.3 Å². The lowest BCUT2D eigenvalue weighted by atomic mass is 10.3. The van der Waals surface area contributed by atoms with Crippen molar-refractivity contribution >= 4 is 27.4 Å². The molecule has 104 valence electrons. The van der Waals surface area contributed by atoms with Crippen LogP contribution in [-0.2, 0) is 4.74 Å². The Bertz CT molecular complexity index is 551. The van der Waals surface area contributed by atoms with E-state index in [0.717, 1.165) is 41.4 Å². The van der Waals surface area contributed by atoms with Gasteiger partial charge < -0.3 is 10.1 Å². The van der Waals surface area contributed by atoms with E-state index in [9.17, 15) is 0 Å². The quantitative estimate of drug-likeness (QED) is 0.822. The fourth-order valence-corrected chi connectivity index (χ4v) is 2.81. The molecule has 0 aliphatic heterocycles. The lowest BCUT2D eigenvalue weighted by Gasteiger charge is -2.09. The summed E-state index contributed by atoms with van der Waals surface area (Å²) in [5.74, 6) is 1.76. The van der Waals surface area contributed by atoms with E-state index in [2.05, 4.69) is 42.1 Å². The molecule has 0 radical (unpaired) electrons. The van der Waals surface area contributed by atoms with Crippen LogP contribution in [0.5, 0.6) is 0 Å². The van der Waals surface area contributed by atoms with E-state index >= 15 is 0 Å². The summed E-state index contributed by atoms with van der Waals surface area (Å²) >= 11 is 1.71. The van der Waals surface area contributed by atoms with Gasteiger partial charge in [0.25, 0.3) is 0 Å². The SMILES string of the molecule is Cc1nc(NCCCOC(C)C)c2cc(C)sc2n1. The first kappa shape index (κ1) is 14.2. The van der Waals surface area contributed by atoms with Crippen LogP contribution < -0.4 is 5.32 Å². The number of aromatic nitrogens is 2. The monoisotopic (exact) mass is 279 g/mol. The van der Waals surface area contributed by atoms with Crippen molar-refractivity contribution in [2.75, 3.05) is 18.5 Å². The van der Waals surface area contributed by atoms with E-state index < -0.39 is 0 Å². The summed E-state index contributed by atoms with van der Waals surface area (Å²) in [5, 5.41) is 4.51. The van der Waals surface area contributed by atoms with Crippen LogP contribution in [0.15, 0.2) is 6.07 Å². The van der Waals surface area contributed by atoms with Gasteiger partial charge in [0.1, 0.15) is 16.5 Å². The number of nitrogens with zero attached hydrogens (tertiary/aromatic N) is 2. The lowest BCUT2D eigenvalue weighted by molar-refractivity contribution is 0.0787. The largest absolute Gasteiger partial charge is 0.379 e. The summed E-state index contributed by atoms with van der Waals surface area (Å²) in [4.78, 5) is 11.3. The van der Waals surface area contributed by atoms with Crippen molar-refractivity contribution in [3.05, 3.63) is 16.8 Å². The number of ether oxygens (including phenoxy) is 1. The molecule has 0 saturated carbocycles. The zero-order valence-electron chi connectivity index (χ0n) is 12.0. The van der Waals surface area contributed by atoms with Crippen LogP contribution in [0.3, 0.4) is 0 Å². The number of fused-ring (bicyclic) bond motifs is 1. The molecule has 0 spiro atoms. The first-order valence-corrected chi connectivity index (χ1v) is 7.48. The highest BCUT2D eigenvalue weighted by Gasteiger charge is 2.08. The highest BCUT2D eigenvalue weighted by molar-refractivity contribution is 7.18. The van der Waals surface area contributed by atoms with Crippen molar-refractivity contribution < 1.29 is 4.74 Å². The molecule has 0 fully saturated rings. The van der Waals surface area contributed by atoms with Crippen LogP contribution in [-0.4, -0.2) is 29.2 Å². The smallest absolute Gasteiger partial charge is 0.138 e. The van der Waals surface area contributed by atoms with Crippen molar-refractivity contribution in [1.82, 2.24) is 9.97 Å². The van der Waals surface area contributed by atoms with Crippen molar-refractivity contribution in [3.63, 3.8) is 0 Å². The predicted molar refractivity (Wildman–Crippen MR) is 81.1 cm³/mol. The topological polar surface area (TPSA) is 47.0 Å². The molecule has 2 aromatic rings. The molecule has 4 nitrogen and oxygen atoms in total. The fourth-order valence-electron chi connectivity index (χ4n) is 1.88. The Morgan fingerprint density at radius 2 is 2.11 bits per heavy atom.